The van der Waals surface area contributed by atoms with Crippen LogP contribution >= 0.6 is 0 Å². The number of benzene rings is 1. The zero-order valence-corrected chi connectivity index (χ0v) is 11.1. The Morgan fingerprint density at radius 2 is 2.00 bits per heavy atom. The third kappa shape index (κ3) is 2.63. The van der Waals surface area contributed by atoms with Crippen molar-refractivity contribution in [2.75, 3.05) is 25.5 Å². The summed E-state index contributed by atoms with van der Waals surface area (Å²) in [6, 6.07) is 9.64. The van der Waals surface area contributed by atoms with Crippen LogP contribution in [0.4, 0.5) is 5.69 Å². The van der Waals surface area contributed by atoms with Crippen LogP contribution in [0.5, 0.6) is 0 Å². The van der Waals surface area contributed by atoms with Crippen molar-refractivity contribution in [1.29, 1.82) is 0 Å². The number of piperidine rings is 1. The van der Waals surface area contributed by atoms with Crippen LogP contribution in [0, 0.1) is 0 Å². The monoisotopic (exact) mass is 258 g/mol. The van der Waals surface area contributed by atoms with E-state index in [1.54, 1.807) is 6.07 Å². The molecule has 4 heteroatoms. The minimum absolute atomic E-state index is 0.297. The SMILES string of the molecule is CN1CCC(Nc2cc(=O)oc3ccccc23)CC1. The third-order valence-corrected chi connectivity index (χ3v) is 3.73. The van der Waals surface area contributed by atoms with E-state index in [4.69, 9.17) is 4.42 Å². The van der Waals surface area contributed by atoms with E-state index < -0.39 is 0 Å². The molecule has 1 aromatic heterocycles. The minimum Gasteiger partial charge on any atom is -0.423 e. The lowest BCUT2D eigenvalue weighted by Gasteiger charge is -2.30. The van der Waals surface area contributed by atoms with Gasteiger partial charge in [-0.25, -0.2) is 4.79 Å². The molecule has 0 atom stereocenters. The molecule has 1 N–H and O–H groups in total. The average molecular weight is 258 g/mol. The number of nitrogens with zero attached hydrogens (tertiary/aromatic N) is 1. The van der Waals surface area contributed by atoms with Gasteiger partial charge >= 0.3 is 5.63 Å². The van der Waals surface area contributed by atoms with E-state index in [0.717, 1.165) is 37.0 Å². The standard InChI is InChI=1S/C15H18N2O2/c1-17-8-6-11(7-9-17)16-13-10-15(18)19-14-5-3-2-4-12(13)14/h2-5,10-11,16H,6-9H2,1H3. The Bertz CT molecular complexity index is 627. The molecule has 4 nitrogen and oxygen atoms in total. The highest BCUT2D eigenvalue weighted by Crippen LogP contribution is 2.23. The Balaban J connectivity index is 1.90. The molecule has 19 heavy (non-hydrogen) atoms. The molecule has 1 fully saturated rings. The molecular formula is C15H18N2O2. The smallest absolute Gasteiger partial charge is 0.338 e. The van der Waals surface area contributed by atoms with Crippen LogP contribution in [0.3, 0.4) is 0 Å². The van der Waals surface area contributed by atoms with Crippen LogP contribution in [0.15, 0.2) is 39.5 Å². The number of fused-ring (bicyclic) bond motifs is 1. The predicted molar refractivity (Wildman–Crippen MR) is 76.6 cm³/mol. The van der Waals surface area contributed by atoms with Gasteiger partial charge in [-0.1, -0.05) is 12.1 Å². The highest BCUT2D eigenvalue weighted by molar-refractivity contribution is 5.89. The second-order valence-corrected chi connectivity index (χ2v) is 5.20. The van der Waals surface area contributed by atoms with E-state index in [1.165, 1.54) is 0 Å². The molecule has 1 aromatic carbocycles. The normalized spacial score (nSPS) is 17.7. The number of para-hydroxylation sites is 1. The fraction of sp³-hybridized carbons (Fsp3) is 0.400. The molecule has 100 valence electrons. The van der Waals surface area contributed by atoms with Crippen LogP contribution in [0.25, 0.3) is 11.0 Å². The summed E-state index contributed by atoms with van der Waals surface area (Å²) in [5, 5.41) is 4.47. The van der Waals surface area contributed by atoms with Crippen molar-refractivity contribution in [1.82, 2.24) is 4.90 Å². The maximum absolute atomic E-state index is 11.6. The summed E-state index contributed by atoms with van der Waals surface area (Å²) in [4.78, 5) is 13.9. The zero-order valence-electron chi connectivity index (χ0n) is 11.1. The van der Waals surface area contributed by atoms with Crippen LogP contribution in [-0.2, 0) is 0 Å². The first kappa shape index (κ1) is 12.2. The van der Waals surface area contributed by atoms with Crippen LogP contribution < -0.4 is 10.9 Å². The summed E-state index contributed by atoms with van der Waals surface area (Å²) in [5.74, 6) is 0. The van der Waals surface area contributed by atoms with E-state index in [2.05, 4.69) is 17.3 Å². The summed E-state index contributed by atoms with van der Waals surface area (Å²) in [6.45, 7) is 2.19. The van der Waals surface area contributed by atoms with Gasteiger partial charge in [0.25, 0.3) is 0 Å². The van der Waals surface area contributed by atoms with E-state index in [1.807, 2.05) is 24.3 Å². The van der Waals surface area contributed by atoms with E-state index in [-0.39, 0.29) is 5.63 Å². The number of hydrogen-bond donors (Lipinski definition) is 1. The molecule has 1 aliphatic rings. The molecule has 1 aliphatic heterocycles. The summed E-state index contributed by atoms with van der Waals surface area (Å²) < 4.78 is 5.20. The molecule has 0 aliphatic carbocycles. The van der Waals surface area contributed by atoms with Crippen LogP contribution in [0.1, 0.15) is 12.8 Å². The van der Waals surface area contributed by atoms with Gasteiger partial charge in [0.1, 0.15) is 5.58 Å². The first-order valence-electron chi connectivity index (χ1n) is 6.70. The van der Waals surface area contributed by atoms with Gasteiger partial charge in [0.05, 0.1) is 5.69 Å². The maximum Gasteiger partial charge on any atom is 0.338 e. The summed E-state index contributed by atoms with van der Waals surface area (Å²) in [6.07, 6.45) is 2.20. The van der Waals surface area contributed by atoms with Gasteiger partial charge in [-0.2, -0.15) is 0 Å². The molecule has 0 bridgehead atoms. The number of likely N-dealkylation sites (tertiary alicyclic amines) is 1. The fourth-order valence-electron chi connectivity index (χ4n) is 2.60. The van der Waals surface area contributed by atoms with E-state index in [9.17, 15) is 4.79 Å². The average Bonchev–Trinajstić information content (AvgIpc) is 2.41. The molecule has 0 unspecified atom stereocenters. The highest BCUT2D eigenvalue weighted by atomic mass is 16.4. The molecule has 0 radical (unpaired) electrons. The van der Waals surface area contributed by atoms with Crippen molar-refractivity contribution < 1.29 is 4.42 Å². The number of nitrogens with one attached hydrogen (secondary N) is 1. The Morgan fingerprint density at radius 1 is 1.26 bits per heavy atom. The van der Waals surface area contributed by atoms with Crippen molar-refractivity contribution in [3.8, 4) is 0 Å². The molecule has 0 saturated carbocycles. The Kier molecular flexibility index (Phi) is 3.25. The highest BCUT2D eigenvalue weighted by Gasteiger charge is 2.17. The molecule has 1 saturated heterocycles. The van der Waals surface area contributed by atoms with Crippen LogP contribution in [-0.4, -0.2) is 31.1 Å². The van der Waals surface area contributed by atoms with Gasteiger partial charge in [0.2, 0.25) is 0 Å². The molecule has 2 aromatic rings. The van der Waals surface area contributed by atoms with E-state index >= 15 is 0 Å². The Morgan fingerprint density at radius 3 is 2.79 bits per heavy atom. The van der Waals surface area contributed by atoms with Crippen molar-refractivity contribution in [2.45, 2.75) is 18.9 Å². The Hall–Kier alpha value is -1.81. The zero-order chi connectivity index (χ0) is 13.2. The van der Waals surface area contributed by atoms with Gasteiger partial charge in [0, 0.05) is 17.5 Å². The summed E-state index contributed by atoms with van der Waals surface area (Å²) >= 11 is 0. The van der Waals surface area contributed by atoms with Crippen molar-refractivity contribution in [2.24, 2.45) is 0 Å². The lowest BCUT2D eigenvalue weighted by Crippen LogP contribution is -2.36. The summed E-state index contributed by atoms with van der Waals surface area (Å²) in [5.41, 5.74) is 1.24. The van der Waals surface area contributed by atoms with Gasteiger partial charge in [-0.3, -0.25) is 0 Å². The van der Waals surface area contributed by atoms with E-state index in [0.29, 0.717) is 11.6 Å². The van der Waals surface area contributed by atoms with Gasteiger partial charge in [-0.05, 0) is 45.1 Å². The van der Waals surface area contributed by atoms with Crippen LogP contribution in [0.2, 0.25) is 0 Å². The summed E-state index contributed by atoms with van der Waals surface area (Å²) in [7, 11) is 2.14. The van der Waals surface area contributed by atoms with Crippen molar-refractivity contribution >= 4 is 16.7 Å². The van der Waals surface area contributed by atoms with Gasteiger partial charge in [-0.15, -0.1) is 0 Å². The van der Waals surface area contributed by atoms with Gasteiger partial charge in [0.15, 0.2) is 0 Å². The molecule has 0 amide bonds. The molecule has 0 spiro atoms. The Labute approximate surface area is 112 Å². The third-order valence-electron chi connectivity index (χ3n) is 3.73. The maximum atomic E-state index is 11.6. The van der Waals surface area contributed by atoms with Crippen molar-refractivity contribution in [3.05, 3.63) is 40.8 Å². The number of hydrogen-bond acceptors (Lipinski definition) is 4. The molecular weight excluding hydrogens is 240 g/mol. The first-order valence-corrected chi connectivity index (χ1v) is 6.70. The fourth-order valence-corrected chi connectivity index (χ4v) is 2.60. The lowest BCUT2D eigenvalue weighted by atomic mass is 10.0. The second-order valence-electron chi connectivity index (χ2n) is 5.20. The molecule has 2 heterocycles. The van der Waals surface area contributed by atoms with Gasteiger partial charge < -0.3 is 14.6 Å². The topological polar surface area (TPSA) is 45.5 Å². The molecule has 3 rings (SSSR count). The quantitative estimate of drug-likeness (QED) is 0.840. The van der Waals surface area contributed by atoms with Crippen molar-refractivity contribution in [3.63, 3.8) is 0 Å². The second kappa shape index (κ2) is 5.05. The predicted octanol–water partition coefficient (Wildman–Crippen LogP) is 2.30. The largest absolute Gasteiger partial charge is 0.423 e. The number of anilines is 1. The minimum atomic E-state index is -0.297. The lowest BCUT2D eigenvalue weighted by molar-refractivity contribution is 0.264. The number of rotatable bonds is 2. The first-order chi connectivity index (χ1) is 9.22.